The normalized spacial score (nSPS) is 9.90. The van der Waals surface area contributed by atoms with E-state index in [0.29, 0.717) is 5.75 Å². The molecule has 0 atom stereocenters. The standard InChI is InChI=1S/C15H19NO4/c1-4-7-16(10-15(18)19)14(17)9-12-8-11(2)5-6-13(12)20-3/h4-6,8H,1,7,9-10H2,2-3H3,(H,18,19). The van der Waals surface area contributed by atoms with Crippen LogP contribution in [0.2, 0.25) is 0 Å². The Morgan fingerprint density at radius 1 is 1.45 bits per heavy atom. The van der Waals surface area contributed by atoms with Crippen LogP contribution in [-0.2, 0) is 16.0 Å². The lowest BCUT2D eigenvalue weighted by Gasteiger charge is -2.19. The summed E-state index contributed by atoms with van der Waals surface area (Å²) in [6.45, 7) is 5.33. The van der Waals surface area contributed by atoms with Crippen LogP contribution in [0.3, 0.4) is 0 Å². The first-order valence-corrected chi connectivity index (χ1v) is 6.22. The molecule has 0 aliphatic carbocycles. The highest BCUT2D eigenvalue weighted by Gasteiger charge is 2.17. The summed E-state index contributed by atoms with van der Waals surface area (Å²) in [5.74, 6) is -0.689. The molecule has 1 aromatic carbocycles. The Bertz CT molecular complexity index is 511. The molecule has 5 nitrogen and oxygen atoms in total. The van der Waals surface area contributed by atoms with Crippen LogP contribution in [0.1, 0.15) is 11.1 Å². The predicted molar refractivity (Wildman–Crippen MR) is 75.8 cm³/mol. The molecule has 20 heavy (non-hydrogen) atoms. The second kappa shape index (κ2) is 7.33. The van der Waals surface area contributed by atoms with Crippen LogP contribution < -0.4 is 4.74 Å². The van der Waals surface area contributed by atoms with E-state index < -0.39 is 5.97 Å². The topological polar surface area (TPSA) is 66.8 Å². The molecule has 1 N–H and O–H groups in total. The Kier molecular flexibility index (Phi) is 5.77. The molecule has 0 fully saturated rings. The van der Waals surface area contributed by atoms with Crippen LogP contribution >= 0.6 is 0 Å². The van der Waals surface area contributed by atoms with Gasteiger partial charge in [0.25, 0.3) is 0 Å². The van der Waals surface area contributed by atoms with Gasteiger partial charge in [-0.2, -0.15) is 0 Å². The van der Waals surface area contributed by atoms with E-state index in [1.165, 1.54) is 18.1 Å². The van der Waals surface area contributed by atoms with E-state index in [0.717, 1.165) is 11.1 Å². The summed E-state index contributed by atoms with van der Waals surface area (Å²) >= 11 is 0. The Morgan fingerprint density at radius 3 is 2.70 bits per heavy atom. The summed E-state index contributed by atoms with van der Waals surface area (Å²) in [7, 11) is 1.54. The van der Waals surface area contributed by atoms with Gasteiger partial charge in [0.1, 0.15) is 12.3 Å². The predicted octanol–water partition coefficient (Wildman–Crippen LogP) is 1.65. The van der Waals surface area contributed by atoms with Crippen molar-refractivity contribution in [2.24, 2.45) is 0 Å². The van der Waals surface area contributed by atoms with Crippen LogP contribution in [0.5, 0.6) is 5.75 Å². The number of aryl methyl sites for hydroxylation is 1. The number of aliphatic carboxylic acids is 1. The number of carbonyl (C=O) groups excluding carboxylic acids is 1. The number of carboxylic acid groups (broad SMARTS) is 1. The molecule has 0 radical (unpaired) electrons. The molecule has 5 heteroatoms. The number of rotatable bonds is 7. The van der Waals surface area contributed by atoms with E-state index in [9.17, 15) is 9.59 Å². The zero-order chi connectivity index (χ0) is 15.1. The number of benzene rings is 1. The second-order valence-electron chi connectivity index (χ2n) is 4.45. The molecule has 1 rings (SSSR count). The third-order valence-electron chi connectivity index (χ3n) is 2.81. The van der Waals surface area contributed by atoms with E-state index in [-0.39, 0.29) is 25.4 Å². The van der Waals surface area contributed by atoms with Gasteiger partial charge in [-0.05, 0) is 13.0 Å². The summed E-state index contributed by atoms with van der Waals surface area (Å²) in [4.78, 5) is 24.2. The molecule has 0 spiro atoms. The van der Waals surface area contributed by atoms with Gasteiger partial charge in [-0.15, -0.1) is 6.58 Å². The van der Waals surface area contributed by atoms with Gasteiger partial charge in [0.05, 0.1) is 13.5 Å². The lowest BCUT2D eigenvalue weighted by atomic mass is 10.1. The van der Waals surface area contributed by atoms with E-state index in [1.807, 2.05) is 19.1 Å². The van der Waals surface area contributed by atoms with Crippen molar-refractivity contribution in [3.8, 4) is 5.75 Å². The maximum Gasteiger partial charge on any atom is 0.323 e. The van der Waals surface area contributed by atoms with E-state index in [4.69, 9.17) is 9.84 Å². The first-order valence-electron chi connectivity index (χ1n) is 6.22. The molecule has 0 heterocycles. The van der Waals surface area contributed by atoms with Crippen LogP contribution in [-0.4, -0.2) is 42.1 Å². The van der Waals surface area contributed by atoms with Gasteiger partial charge in [0.2, 0.25) is 5.91 Å². The van der Waals surface area contributed by atoms with Crippen molar-refractivity contribution in [3.05, 3.63) is 42.0 Å². The zero-order valence-electron chi connectivity index (χ0n) is 11.8. The quantitative estimate of drug-likeness (QED) is 0.769. The van der Waals surface area contributed by atoms with Crippen molar-refractivity contribution in [2.75, 3.05) is 20.2 Å². The van der Waals surface area contributed by atoms with Gasteiger partial charge in [-0.25, -0.2) is 0 Å². The van der Waals surface area contributed by atoms with Gasteiger partial charge in [-0.1, -0.05) is 23.8 Å². The fraction of sp³-hybridized carbons (Fsp3) is 0.333. The van der Waals surface area contributed by atoms with E-state index in [1.54, 1.807) is 6.07 Å². The highest BCUT2D eigenvalue weighted by Crippen LogP contribution is 2.20. The minimum Gasteiger partial charge on any atom is -0.496 e. The average molecular weight is 277 g/mol. The van der Waals surface area contributed by atoms with Crippen molar-refractivity contribution in [2.45, 2.75) is 13.3 Å². The molecule has 1 aromatic rings. The smallest absolute Gasteiger partial charge is 0.323 e. The maximum absolute atomic E-state index is 12.2. The third-order valence-corrected chi connectivity index (χ3v) is 2.81. The van der Waals surface area contributed by atoms with Crippen molar-refractivity contribution < 1.29 is 19.4 Å². The molecule has 0 aliphatic rings. The second-order valence-corrected chi connectivity index (χ2v) is 4.45. The molecule has 0 bridgehead atoms. The Hall–Kier alpha value is -2.30. The monoisotopic (exact) mass is 277 g/mol. The van der Waals surface area contributed by atoms with Crippen molar-refractivity contribution in [3.63, 3.8) is 0 Å². The Labute approximate surface area is 118 Å². The SMILES string of the molecule is C=CCN(CC(=O)O)C(=O)Cc1cc(C)ccc1OC. The number of ether oxygens (including phenoxy) is 1. The van der Waals surface area contributed by atoms with E-state index >= 15 is 0 Å². The van der Waals surface area contributed by atoms with Crippen LogP contribution in [0, 0.1) is 6.92 Å². The molecule has 0 unspecified atom stereocenters. The molecular formula is C15H19NO4. The minimum atomic E-state index is -1.04. The molecule has 1 amide bonds. The first kappa shape index (κ1) is 15.8. The van der Waals surface area contributed by atoms with Gasteiger partial charge in [0, 0.05) is 12.1 Å². The molecular weight excluding hydrogens is 258 g/mol. The van der Waals surface area contributed by atoms with Gasteiger partial charge in [0.15, 0.2) is 0 Å². The Morgan fingerprint density at radius 2 is 2.15 bits per heavy atom. The number of carbonyl (C=O) groups is 2. The number of methoxy groups -OCH3 is 1. The van der Waals surface area contributed by atoms with Gasteiger partial charge in [-0.3, -0.25) is 9.59 Å². The van der Waals surface area contributed by atoms with Crippen LogP contribution in [0.15, 0.2) is 30.9 Å². The van der Waals surface area contributed by atoms with Gasteiger partial charge < -0.3 is 14.7 Å². The van der Waals surface area contributed by atoms with Crippen molar-refractivity contribution in [1.82, 2.24) is 4.90 Å². The lowest BCUT2D eigenvalue weighted by molar-refractivity contribution is -0.143. The number of carboxylic acids is 1. The first-order chi connectivity index (χ1) is 9.47. The highest BCUT2D eigenvalue weighted by atomic mass is 16.5. The summed E-state index contributed by atoms with van der Waals surface area (Å²) in [5, 5.41) is 8.82. The highest BCUT2D eigenvalue weighted by molar-refractivity contribution is 5.83. The molecule has 108 valence electrons. The van der Waals surface area contributed by atoms with Crippen molar-refractivity contribution >= 4 is 11.9 Å². The number of nitrogens with zero attached hydrogens (tertiary/aromatic N) is 1. The zero-order valence-corrected chi connectivity index (χ0v) is 11.8. The third kappa shape index (κ3) is 4.42. The van der Waals surface area contributed by atoms with Crippen molar-refractivity contribution in [1.29, 1.82) is 0 Å². The summed E-state index contributed by atoms with van der Waals surface area (Å²) in [6.07, 6.45) is 1.61. The largest absolute Gasteiger partial charge is 0.496 e. The molecule has 0 aliphatic heterocycles. The van der Waals surface area contributed by atoms with Crippen LogP contribution in [0.4, 0.5) is 0 Å². The number of hydrogen-bond donors (Lipinski definition) is 1. The average Bonchev–Trinajstić information content (AvgIpc) is 2.38. The molecule has 0 aromatic heterocycles. The number of amides is 1. The summed E-state index contributed by atoms with van der Waals surface area (Å²) in [6, 6.07) is 5.56. The minimum absolute atomic E-state index is 0.103. The lowest BCUT2D eigenvalue weighted by Crippen LogP contribution is -2.36. The molecule has 0 saturated carbocycles. The Balaban J connectivity index is 2.89. The summed E-state index contributed by atoms with van der Waals surface area (Å²) < 4.78 is 5.21. The fourth-order valence-electron chi connectivity index (χ4n) is 1.89. The summed E-state index contributed by atoms with van der Waals surface area (Å²) in [5.41, 5.74) is 1.76. The number of hydrogen-bond acceptors (Lipinski definition) is 3. The fourth-order valence-corrected chi connectivity index (χ4v) is 1.89. The van der Waals surface area contributed by atoms with Crippen LogP contribution in [0.25, 0.3) is 0 Å². The van der Waals surface area contributed by atoms with Gasteiger partial charge >= 0.3 is 5.97 Å². The van der Waals surface area contributed by atoms with E-state index in [2.05, 4.69) is 6.58 Å². The maximum atomic E-state index is 12.2. The molecule has 0 saturated heterocycles.